The molecule has 0 amide bonds. The number of nitrogens with one attached hydrogen (secondary N) is 1. The number of rotatable bonds is 4. The zero-order chi connectivity index (χ0) is 18.6. The number of hydrogen-bond acceptors (Lipinski definition) is 3. The maximum absolute atomic E-state index is 6.07. The van der Waals surface area contributed by atoms with Gasteiger partial charge in [0.25, 0.3) is 0 Å². The molecule has 0 unspecified atom stereocenters. The van der Waals surface area contributed by atoms with Crippen molar-refractivity contribution in [3.63, 3.8) is 0 Å². The minimum atomic E-state index is 0.441. The third-order valence-electron chi connectivity index (χ3n) is 5.19. The van der Waals surface area contributed by atoms with E-state index in [1.54, 1.807) is 0 Å². The summed E-state index contributed by atoms with van der Waals surface area (Å²) in [5.41, 5.74) is 5.50. The van der Waals surface area contributed by atoms with Crippen molar-refractivity contribution in [2.24, 2.45) is 0 Å². The molecule has 27 heavy (non-hydrogen) atoms. The van der Waals surface area contributed by atoms with Crippen molar-refractivity contribution >= 4 is 11.6 Å². The average Bonchev–Trinajstić information content (AvgIpc) is 3.15. The van der Waals surface area contributed by atoms with Crippen molar-refractivity contribution in [2.45, 2.75) is 18.8 Å². The van der Waals surface area contributed by atoms with Gasteiger partial charge in [0, 0.05) is 40.2 Å². The average molecular weight is 377 g/mol. The van der Waals surface area contributed by atoms with E-state index in [9.17, 15) is 0 Å². The highest BCUT2D eigenvalue weighted by Crippen LogP contribution is 2.39. The molecule has 1 saturated heterocycles. The molecule has 0 aliphatic carbocycles. The summed E-state index contributed by atoms with van der Waals surface area (Å²) in [7, 11) is 0. The van der Waals surface area contributed by atoms with Crippen LogP contribution in [-0.2, 0) is 0 Å². The van der Waals surface area contributed by atoms with Crippen LogP contribution in [0.15, 0.2) is 48.8 Å². The fraction of sp³-hybridized carbons (Fsp3) is 0.273. The van der Waals surface area contributed by atoms with Gasteiger partial charge in [0.05, 0.1) is 6.54 Å². The molecule has 3 aromatic rings. The molecule has 4 rings (SSSR count). The van der Waals surface area contributed by atoms with Crippen molar-refractivity contribution < 1.29 is 0 Å². The summed E-state index contributed by atoms with van der Waals surface area (Å²) < 4.78 is 0. The molecule has 136 valence electrons. The van der Waals surface area contributed by atoms with Gasteiger partial charge in [-0.25, -0.2) is 0 Å². The van der Waals surface area contributed by atoms with E-state index >= 15 is 0 Å². The van der Waals surface area contributed by atoms with Gasteiger partial charge in [-0.1, -0.05) is 29.7 Å². The molecule has 0 saturated carbocycles. The molecule has 0 atom stereocenters. The Morgan fingerprint density at radius 1 is 1.07 bits per heavy atom. The minimum absolute atomic E-state index is 0.441. The number of aromatic amines is 1. The van der Waals surface area contributed by atoms with E-state index in [1.165, 1.54) is 5.69 Å². The van der Waals surface area contributed by atoms with E-state index in [0.29, 0.717) is 5.92 Å². The summed E-state index contributed by atoms with van der Waals surface area (Å²) in [5, 5.41) is 8.75. The largest absolute Gasteiger partial charge is 0.292 e. The maximum atomic E-state index is 6.07. The van der Waals surface area contributed by atoms with Crippen LogP contribution in [0.5, 0.6) is 0 Å². The molecular formula is C22H21ClN4. The quantitative estimate of drug-likeness (QED) is 0.676. The molecular weight excluding hydrogens is 356 g/mol. The number of benzene rings is 1. The van der Waals surface area contributed by atoms with Crippen LogP contribution < -0.4 is 0 Å². The maximum Gasteiger partial charge on any atom is 0.100 e. The second kappa shape index (κ2) is 7.96. The topological polar surface area (TPSA) is 44.8 Å². The lowest BCUT2D eigenvalue weighted by atomic mass is 9.88. The lowest BCUT2D eigenvalue weighted by molar-refractivity contribution is 0.234. The number of hydrogen-bond donors (Lipinski definition) is 1. The number of halogens is 1. The van der Waals surface area contributed by atoms with E-state index in [2.05, 4.69) is 26.0 Å². The zero-order valence-electron chi connectivity index (χ0n) is 15.0. The van der Waals surface area contributed by atoms with Gasteiger partial charge >= 0.3 is 0 Å². The van der Waals surface area contributed by atoms with Crippen LogP contribution in [0.2, 0.25) is 5.02 Å². The Hall–Kier alpha value is -2.61. The zero-order valence-corrected chi connectivity index (χ0v) is 15.8. The molecule has 4 nitrogen and oxygen atoms in total. The second-order valence-corrected chi connectivity index (χ2v) is 7.29. The molecule has 1 N–H and O–H groups in total. The number of terminal acetylenes is 1. The number of pyridine rings is 1. The van der Waals surface area contributed by atoms with Crippen LogP contribution in [0, 0.1) is 12.3 Å². The first-order chi connectivity index (χ1) is 13.3. The Morgan fingerprint density at radius 2 is 1.78 bits per heavy atom. The lowest BCUT2D eigenvalue weighted by Crippen LogP contribution is -2.33. The summed E-state index contributed by atoms with van der Waals surface area (Å²) in [4.78, 5) is 6.50. The number of likely N-dealkylation sites (tertiary alicyclic amines) is 1. The predicted octanol–water partition coefficient (Wildman–Crippen LogP) is 4.60. The van der Waals surface area contributed by atoms with E-state index < -0.39 is 0 Å². The highest BCUT2D eigenvalue weighted by Gasteiger charge is 2.26. The van der Waals surface area contributed by atoms with Gasteiger partial charge in [-0.15, -0.1) is 6.42 Å². The van der Waals surface area contributed by atoms with Crippen LogP contribution in [0.4, 0.5) is 0 Å². The number of H-pyrrole nitrogens is 1. The summed E-state index contributed by atoms with van der Waals surface area (Å²) in [6.45, 7) is 2.75. The van der Waals surface area contributed by atoms with Crippen LogP contribution in [0.25, 0.3) is 22.4 Å². The van der Waals surface area contributed by atoms with Crippen LogP contribution in [0.3, 0.4) is 0 Å². The molecule has 5 heteroatoms. The Balaban J connectivity index is 1.72. The lowest BCUT2D eigenvalue weighted by Gasteiger charge is -2.30. The molecule has 0 spiro atoms. The van der Waals surface area contributed by atoms with E-state index in [1.807, 2.05) is 48.8 Å². The monoisotopic (exact) mass is 376 g/mol. The van der Waals surface area contributed by atoms with Gasteiger partial charge in [-0.3, -0.25) is 15.0 Å². The van der Waals surface area contributed by atoms with E-state index in [0.717, 1.165) is 59.9 Å². The molecule has 0 radical (unpaired) electrons. The Bertz CT molecular complexity index is 933. The summed E-state index contributed by atoms with van der Waals surface area (Å²) in [5.74, 6) is 3.19. The molecule has 1 fully saturated rings. The number of piperidine rings is 1. The second-order valence-electron chi connectivity index (χ2n) is 6.86. The Morgan fingerprint density at radius 3 is 2.44 bits per heavy atom. The summed E-state index contributed by atoms with van der Waals surface area (Å²) in [6.07, 6.45) is 11.3. The van der Waals surface area contributed by atoms with Crippen molar-refractivity contribution in [2.75, 3.05) is 19.6 Å². The molecule has 2 aromatic heterocycles. The van der Waals surface area contributed by atoms with Crippen molar-refractivity contribution in [3.8, 4) is 34.7 Å². The first kappa shape index (κ1) is 17.8. The molecule has 1 aromatic carbocycles. The van der Waals surface area contributed by atoms with Gasteiger partial charge in [0.1, 0.15) is 5.69 Å². The standard InChI is InChI=1S/C22H21ClN4/c1-2-13-27-14-9-18(10-15-27)22-20(16-7-11-24-12-8-16)21(25-26-22)17-3-5-19(23)6-4-17/h1,3-8,11-12,18H,9-10,13-15H2,(H,25,26). The van der Waals surface area contributed by atoms with E-state index in [-0.39, 0.29) is 0 Å². The normalized spacial score (nSPS) is 15.6. The van der Waals surface area contributed by atoms with Gasteiger partial charge in [-0.2, -0.15) is 5.10 Å². The Labute approximate surface area is 164 Å². The SMILES string of the molecule is C#CCN1CCC(c2[nH]nc(-c3ccc(Cl)cc3)c2-c2ccncc2)CC1. The van der Waals surface area contributed by atoms with Gasteiger partial charge in [0.15, 0.2) is 0 Å². The van der Waals surface area contributed by atoms with Crippen LogP contribution in [0.1, 0.15) is 24.5 Å². The number of nitrogens with zero attached hydrogens (tertiary/aromatic N) is 3. The molecule has 1 aliphatic rings. The smallest absolute Gasteiger partial charge is 0.100 e. The van der Waals surface area contributed by atoms with Gasteiger partial charge in [0.2, 0.25) is 0 Å². The Kier molecular flexibility index (Phi) is 5.24. The highest BCUT2D eigenvalue weighted by atomic mass is 35.5. The highest BCUT2D eigenvalue weighted by molar-refractivity contribution is 6.30. The van der Waals surface area contributed by atoms with Crippen LogP contribution in [-0.4, -0.2) is 39.7 Å². The molecule has 1 aliphatic heterocycles. The van der Waals surface area contributed by atoms with Gasteiger partial charge < -0.3 is 0 Å². The summed E-state index contributed by atoms with van der Waals surface area (Å²) in [6, 6.07) is 11.9. The van der Waals surface area contributed by atoms with E-state index in [4.69, 9.17) is 18.0 Å². The molecule has 0 bridgehead atoms. The number of aromatic nitrogens is 3. The summed E-state index contributed by atoms with van der Waals surface area (Å²) >= 11 is 6.07. The first-order valence-electron chi connectivity index (χ1n) is 9.16. The fourth-order valence-corrected chi connectivity index (χ4v) is 3.91. The van der Waals surface area contributed by atoms with Crippen LogP contribution >= 0.6 is 11.6 Å². The third-order valence-corrected chi connectivity index (χ3v) is 5.44. The predicted molar refractivity (Wildman–Crippen MR) is 110 cm³/mol. The molecule has 3 heterocycles. The van der Waals surface area contributed by atoms with Crippen molar-refractivity contribution in [1.29, 1.82) is 0 Å². The van der Waals surface area contributed by atoms with Gasteiger partial charge in [-0.05, 0) is 55.8 Å². The third kappa shape index (κ3) is 3.75. The fourth-order valence-electron chi connectivity index (χ4n) is 3.79. The van der Waals surface area contributed by atoms with Crippen molar-refractivity contribution in [3.05, 3.63) is 59.5 Å². The first-order valence-corrected chi connectivity index (χ1v) is 9.54. The minimum Gasteiger partial charge on any atom is -0.292 e. The van der Waals surface area contributed by atoms with Crippen molar-refractivity contribution in [1.82, 2.24) is 20.1 Å².